The predicted molar refractivity (Wildman–Crippen MR) is 137 cm³/mol. The van der Waals surface area contributed by atoms with Crippen LogP contribution in [-0.4, -0.2) is 43.9 Å². The smallest absolute Gasteiger partial charge is 0.243 e. The Kier molecular flexibility index (Phi) is 6.93. The van der Waals surface area contributed by atoms with Crippen molar-refractivity contribution in [3.63, 3.8) is 0 Å². The van der Waals surface area contributed by atoms with Gasteiger partial charge in [0.05, 0.1) is 10.6 Å². The SMILES string of the molecule is CCc1ccc(Cc2csc(N3CCN(S(=O)(=O)c4c(C)c(C)cc(C)c4C)CC3)n2)cc1. The summed E-state index contributed by atoms with van der Waals surface area (Å²) < 4.78 is 28.7. The van der Waals surface area contributed by atoms with Crippen molar-refractivity contribution in [2.24, 2.45) is 0 Å². The maximum atomic E-state index is 13.5. The van der Waals surface area contributed by atoms with Gasteiger partial charge >= 0.3 is 0 Å². The molecule has 176 valence electrons. The molecule has 4 rings (SSSR count). The van der Waals surface area contributed by atoms with Gasteiger partial charge in [0, 0.05) is 38.0 Å². The van der Waals surface area contributed by atoms with Crippen molar-refractivity contribution in [1.29, 1.82) is 0 Å². The number of nitrogens with zero attached hydrogens (tertiary/aromatic N) is 3. The van der Waals surface area contributed by atoms with E-state index in [2.05, 4.69) is 47.5 Å². The average Bonchev–Trinajstić information content (AvgIpc) is 3.27. The molecule has 7 heteroatoms. The number of benzene rings is 2. The van der Waals surface area contributed by atoms with Gasteiger partial charge in [0.1, 0.15) is 0 Å². The van der Waals surface area contributed by atoms with Gasteiger partial charge in [-0.15, -0.1) is 11.3 Å². The van der Waals surface area contributed by atoms with Crippen molar-refractivity contribution in [1.82, 2.24) is 9.29 Å². The van der Waals surface area contributed by atoms with Crippen molar-refractivity contribution in [2.45, 2.75) is 52.4 Å². The summed E-state index contributed by atoms with van der Waals surface area (Å²) in [4.78, 5) is 7.54. The Morgan fingerprint density at radius 3 is 2.06 bits per heavy atom. The number of aryl methyl sites for hydroxylation is 3. The number of hydrogen-bond donors (Lipinski definition) is 0. The van der Waals surface area contributed by atoms with Crippen molar-refractivity contribution in [3.8, 4) is 0 Å². The number of thiazole rings is 1. The van der Waals surface area contributed by atoms with Crippen molar-refractivity contribution in [3.05, 3.63) is 74.8 Å². The fraction of sp³-hybridized carbons (Fsp3) is 0.423. The molecule has 0 bridgehead atoms. The van der Waals surface area contributed by atoms with Crippen LogP contribution in [0.3, 0.4) is 0 Å². The average molecular weight is 484 g/mol. The Hall–Kier alpha value is -2.22. The minimum Gasteiger partial charge on any atom is -0.345 e. The Morgan fingerprint density at radius 2 is 1.48 bits per heavy atom. The molecule has 0 atom stereocenters. The van der Waals surface area contributed by atoms with Crippen LogP contribution in [0.2, 0.25) is 0 Å². The van der Waals surface area contributed by atoms with Gasteiger partial charge in [0.25, 0.3) is 0 Å². The molecule has 0 spiro atoms. The number of sulfonamides is 1. The van der Waals surface area contributed by atoms with Gasteiger partial charge in [-0.1, -0.05) is 37.3 Å². The zero-order valence-electron chi connectivity index (χ0n) is 20.2. The number of aromatic nitrogens is 1. The largest absolute Gasteiger partial charge is 0.345 e. The van der Waals surface area contributed by atoms with Gasteiger partial charge in [-0.05, 0) is 67.5 Å². The second kappa shape index (κ2) is 9.57. The topological polar surface area (TPSA) is 53.5 Å². The molecule has 33 heavy (non-hydrogen) atoms. The molecule has 0 unspecified atom stereocenters. The summed E-state index contributed by atoms with van der Waals surface area (Å²) in [5.41, 5.74) is 7.44. The minimum atomic E-state index is -3.53. The van der Waals surface area contributed by atoms with Gasteiger partial charge < -0.3 is 4.90 Å². The van der Waals surface area contributed by atoms with Crippen LogP contribution >= 0.6 is 11.3 Å². The molecule has 0 N–H and O–H groups in total. The van der Waals surface area contributed by atoms with E-state index in [1.165, 1.54) is 11.1 Å². The highest BCUT2D eigenvalue weighted by atomic mass is 32.2. The van der Waals surface area contributed by atoms with Crippen LogP contribution < -0.4 is 4.90 Å². The Bertz CT molecular complexity index is 1210. The summed E-state index contributed by atoms with van der Waals surface area (Å²) in [6.45, 7) is 12.2. The molecule has 0 saturated carbocycles. The third kappa shape index (κ3) is 4.86. The standard InChI is InChI=1S/C26H33N3O2S2/c1-6-22-7-9-23(10-8-22)16-24-17-32-26(27-24)28-11-13-29(14-12-28)33(30,31)25-20(4)18(2)15-19(3)21(25)5/h7-10,15,17H,6,11-14,16H2,1-5H3. The highest BCUT2D eigenvalue weighted by Gasteiger charge is 2.32. The number of anilines is 1. The molecular weight excluding hydrogens is 450 g/mol. The zero-order chi connectivity index (χ0) is 23.8. The first-order valence-corrected chi connectivity index (χ1v) is 13.9. The van der Waals surface area contributed by atoms with Gasteiger partial charge in [0.2, 0.25) is 10.0 Å². The van der Waals surface area contributed by atoms with Crippen LogP contribution in [0.5, 0.6) is 0 Å². The monoisotopic (exact) mass is 483 g/mol. The Balaban J connectivity index is 1.44. The molecule has 0 radical (unpaired) electrons. The molecule has 3 aromatic rings. The van der Waals surface area contributed by atoms with E-state index in [0.29, 0.717) is 31.1 Å². The van der Waals surface area contributed by atoms with Gasteiger partial charge in [-0.25, -0.2) is 13.4 Å². The van der Waals surface area contributed by atoms with Crippen LogP contribution in [0.4, 0.5) is 5.13 Å². The van der Waals surface area contributed by atoms with E-state index in [-0.39, 0.29) is 0 Å². The zero-order valence-corrected chi connectivity index (χ0v) is 21.8. The van der Waals surface area contributed by atoms with E-state index < -0.39 is 10.0 Å². The second-order valence-electron chi connectivity index (χ2n) is 8.95. The van der Waals surface area contributed by atoms with E-state index in [9.17, 15) is 8.42 Å². The summed E-state index contributed by atoms with van der Waals surface area (Å²) in [5, 5.41) is 3.10. The van der Waals surface area contributed by atoms with Gasteiger partial charge in [-0.2, -0.15) is 4.31 Å². The molecule has 0 amide bonds. The second-order valence-corrected chi connectivity index (χ2v) is 11.7. The predicted octanol–water partition coefficient (Wildman–Crippen LogP) is 5.04. The lowest BCUT2D eigenvalue weighted by molar-refractivity contribution is 0.384. The van der Waals surface area contributed by atoms with Gasteiger partial charge in [-0.3, -0.25) is 0 Å². The first-order valence-electron chi connectivity index (χ1n) is 11.6. The van der Waals surface area contributed by atoms with Gasteiger partial charge in [0.15, 0.2) is 5.13 Å². The van der Waals surface area contributed by atoms with Crippen molar-refractivity contribution < 1.29 is 8.42 Å². The number of rotatable bonds is 6. The summed E-state index contributed by atoms with van der Waals surface area (Å²) in [7, 11) is -3.53. The fourth-order valence-electron chi connectivity index (χ4n) is 4.44. The quantitative estimate of drug-likeness (QED) is 0.493. The molecule has 1 aromatic heterocycles. The van der Waals surface area contributed by atoms with E-state index >= 15 is 0 Å². The Labute approximate surface area is 202 Å². The first kappa shape index (κ1) is 23.9. The molecule has 2 heterocycles. The van der Waals surface area contributed by atoms with Crippen LogP contribution in [-0.2, 0) is 22.9 Å². The third-order valence-corrected chi connectivity index (χ3v) is 9.88. The molecule has 2 aromatic carbocycles. The molecule has 1 aliphatic heterocycles. The van der Waals surface area contributed by atoms with Crippen LogP contribution in [0.25, 0.3) is 0 Å². The number of hydrogen-bond acceptors (Lipinski definition) is 5. The lowest BCUT2D eigenvalue weighted by Crippen LogP contribution is -2.49. The number of piperazine rings is 1. The van der Waals surface area contributed by atoms with E-state index in [0.717, 1.165) is 45.9 Å². The molecule has 5 nitrogen and oxygen atoms in total. The first-order chi connectivity index (χ1) is 15.7. The van der Waals surface area contributed by atoms with E-state index in [1.54, 1.807) is 15.6 Å². The normalized spacial score (nSPS) is 15.2. The van der Waals surface area contributed by atoms with E-state index in [1.807, 2.05) is 27.7 Å². The summed E-state index contributed by atoms with van der Waals surface area (Å²) in [6.07, 6.45) is 1.87. The molecule has 1 saturated heterocycles. The third-order valence-electron chi connectivity index (χ3n) is 6.76. The lowest BCUT2D eigenvalue weighted by Gasteiger charge is -2.34. The summed E-state index contributed by atoms with van der Waals surface area (Å²) in [6, 6.07) is 10.8. The fourth-order valence-corrected chi connectivity index (χ4v) is 7.32. The maximum absolute atomic E-state index is 13.5. The maximum Gasteiger partial charge on any atom is 0.243 e. The highest BCUT2D eigenvalue weighted by Crippen LogP contribution is 2.30. The Morgan fingerprint density at radius 1 is 0.909 bits per heavy atom. The van der Waals surface area contributed by atoms with Crippen molar-refractivity contribution >= 4 is 26.5 Å². The highest BCUT2D eigenvalue weighted by molar-refractivity contribution is 7.89. The van der Waals surface area contributed by atoms with Crippen LogP contribution in [0.1, 0.15) is 46.0 Å². The molecule has 0 aliphatic carbocycles. The molecule has 1 fully saturated rings. The molecular formula is C26H33N3O2S2. The van der Waals surface area contributed by atoms with Crippen LogP contribution in [0.15, 0.2) is 40.6 Å². The summed E-state index contributed by atoms with van der Waals surface area (Å²) in [5.74, 6) is 0. The van der Waals surface area contributed by atoms with Crippen molar-refractivity contribution in [2.75, 3.05) is 31.1 Å². The lowest BCUT2D eigenvalue weighted by atomic mass is 10.0. The molecule has 1 aliphatic rings. The van der Waals surface area contributed by atoms with E-state index in [4.69, 9.17) is 4.98 Å². The van der Waals surface area contributed by atoms with Crippen LogP contribution in [0, 0.1) is 27.7 Å². The summed E-state index contributed by atoms with van der Waals surface area (Å²) >= 11 is 1.64. The minimum absolute atomic E-state index is 0.474.